The molecule has 4 bridgehead atoms. The summed E-state index contributed by atoms with van der Waals surface area (Å²) in [5.74, 6) is 0. The summed E-state index contributed by atoms with van der Waals surface area (Å²) < 4.78 is 1.21. The Bertz CT molecular complexity index is 1780. The summed E-state index contributed by atoms with van der Waals surface area (Å²) in [5, 5.41) is 4.90. The van der Waals surface area contributed by atoms with Crippen LogP contribution >= 0.6 is 0 Å². The zero-order valence-electron chi connectivity index (χ0n) is 24.5. The van der Waals surface area contributed by atoms with Gasteiger partial charge in [-0.25, -0.2) is 0 Å². The van der Waals surface area contributed by atoms with E-state index in [0.29, 0.717) is 7.25 Å². The summed E-state index contributed by atoms with van der Waals surface area (Å²) in [5.41, 5.74) is 15.2. The first-order chi connectivity index (χ1) is 20.1. The van der Waals surface area contributed by atoms with E-state index in [4.69, 9.17) is 0 Å². The van der Waals surface area contributed by atoms with E-state index in [1.165, 1.54) is 27.4 Å². The molecule has 0 fully saturated rings. The van der Waals surface area contributed by atoms with Gasteiger partial charge < -0.3 is 24.8 Å². The minimum Gasteiger partial charge on any atom is -1.00 e. The van der Waals surface area contributed by atoms with E-state index < -0.39 is 31.3 Å². The molecule has 2 unspecified atom stereocenters. The molecule has 1 aliphatic heterocycles. The maximum atomic E-state index is 2.68. The Hall–Kier alpha value is -2.74. The first-order valence-electron chi connectivity index (χ1n) is 14.7. The molecule has 0 saturated carbocycles. The van der Waals surface area contributed by atoms with Gasteiger partial charge in [-0.05, 0) is 0 Å². The molecule has 0 nitrogen and oxygen atoms in total. The van der Waals surface area contributed by atoms with Crippen molar-refractivity contribution in [1.29, 1.82) is 0 Å². The third-order valence-electron chi connectivity index (χ3n) is 9.82. The first kappa shape index (κ1) is 30.3. The Kier molecular flexibility index (Phi) is 8.20. The number of allylic oxidation sites excluding steroid dienone is 2. The van der Waals surface area contributed by atoms with E-state index in [9.17, 15) is 0 Å². The summed E-state index contributed by atoms with van der Waals surface area (Å²) in [6, 6.07) is 48.2. The average molecular weight is 691 g/mol. The van der Waals surface area contributed by atoms with Gasteiger partial charge in [-0.1, -0.05) is 0 Å². The van der Waals surface area contributed by atoms with Crippen LogP contribution in [-0.4, -0.2) is 8.07 Å². The van der Waals surface area contributed by atoms with Gasteiger partial charge in [0.15, 0.2) is 0 Å². The fourth-order valence-corrected chi connectivity index (χ4v) is 18.8. The molecule has 5 aromatic carbocycles. The van der Waals surface area contributed by atoms with Gasteiger partial charge in [-0.2, -0.15) is 0 Å². The third-order valence-corrected chi connectivity index (χ3v) is 19.9. The Morgan fingerprint density at radius 1 is 0.488 bits per heavy atom. The van der Waals surface area contributed by atoms with Gasteiger partial charge >= 0.3 is 258 Å². The molecule has 2 aliphatic carbocycles. The number of halogens is 2. The van der Waals surface area contributed by atoms with Gasteiger partial charge in [0.05, 0.1) is 0 Å². The molecule has 0 aromatic heterocycles. The van der Waals surface area contributed by atoms with Gasteiger partial charge in [0.25, 0.3) is 0 Å². The largest absolute Gasteiger partial charge is 1.00 e. The summed E-state index contributed by atoms with van der Waals surface area (Å²) in [4.78, 5) is 0. The smallest absolute Gasteiger partial charge is 1.00 e. The molecule has 1 heterocycles. The topological polar surface area (TPSA) is 0 Å². The van der Waals surface area contributed by atoms with Crippen molar-refractivity contribution in [3.63, 3.8) is 0 Å². The zero-order valence-corrected chi connectivity index (χ0v) is 29.5. The Morgan fingerprint density at radius 2 is 0.884 bits per heavy atom. The quantitative estimate of drug-likeness (QED) is 0.255. The summed E-state index contributed by atoms with van der Waals surface area (Å²) >= 11 is -0.944. The van der Waals surface area contributed by atoms with E-state index in [0.717, 1.165) is 0 Å². The predicted molar refractivity (Wildman–Crippen MR) is 172 cm³/mol. The number of benzene rings is 5. The van der Waals surface area contributed by atoms with E-state index >= 15 is 0 Å². The first-order valence-corrected chi connectivity index (χ1v) is 20.0. The Balaban J connectivity index is 0.00000165. The van der Waals surface area contributed by atoms with Crippen LogP contribution in [0.2, 0.25) is 6.55 Å². The second-order valence-electron chi connectivity index (χ2n) is 11.9. The van der Waals surface area contributed by atoms with Crippen LogP contribution in [0.4, 0.5) is 0 Å². The van der Waals surface area contributed by atoms with Crippen LogP contribution in [0, 0.1) is 0 Å². The van der Waals surface area contributed by atoms with Crippen molar-refractivity contribution in [1.82, 2.24) is 0 Å². The zero-order chi connectivity index (χ0) is 27.7. The number of fused-ring (bicyclic) bond motifs is 8. The van der Waals surface area contributed by atoms with Crippen molar-refractivity contribution in [2.24, 2.45) is 0 Å². The molecule has 0 saturated heterocycles. The van der Waals surface area contributed by atoms with E-state index in [1.54, 1.807) is 43.8 Å². The monoisotopic (exact) mass is 688 g/mol. The van der Waals surface area contributed by atoms with Gasteiger partial charge in [-0.3, -0.25) is 0 Å². The van der Waals surface area contributed by atoms with Crippen LogP contribution in [0.3, 0.4) is 0 Å². The number of rotatable bonds is 3. The van der Waals surface area contributed by atoms with Gasteiger partial charge in [-0.15, -0.1) is 0 Å². The van der Waals surface area contributed by atoms with Crippen LogP contribution in [0.25, 0.3) is 32.6 Å². The molecular weight excluding hydrogens is 659 g/mol. The molecule has 0 amide bonds. The van der Waals surface area contributed by atoms with Crippen molar-refractivity contribution >= 4 is 23.7 Å². The van der Waals surface area contributed by atoms with Crippen LogP contribution in [0.1, 0.15) is 43.4 Å². The van der Waals surface area contributed by atoms with Crippen LogP contribution < -0.4 is 30.0 Å². The van der Waals surface area contributed by atoms with Crippen molar-refractivity contribution < 1.29 is 48.0 Å². The van der Waals surface area contributed by atoms with Crippen molar-refractivity contribution in [3.05, 3.63) is 161 Å². The third kappa shape index (κ3) is 4.40. The average Bonchev–Trinajstić information content (AvgIpc) is 3.50. The minimum atomic E-state index is -2.44. The molecule has 0 N–H and O–H groups in total. The Morgan fingerprint density at radius 3 is 1.30 bits per heavy atom. The Labute approximate surface area is 280 Å². The molecular formula is C39H32Cl2SiZr. The standard InChI is InChI=1S/C39H32Si.2ClH.Zr/c1-27-25-31-19-13-23-34(29-15-7-4-8-16-29)36(31)38(27)40(3,33-21-11-6-12-22-33)39-28(2)26-32-20-14-24-35(37(32)39)30-17-9-5-10-18-30;;;/h4-26H,1-3H3;2*1H;/q;;;+2/p-2. The van der Waals surface area contributed by atoms with Crippen LogP contribution in [0.15, 0.2) is 139 Å². The maximum Gasteiger partial charge on any atom is -1.00 e. The van der Waals surface area contributed by atoms with Crippen molar-refractivity contribution in [3.8, 4) is 22.3 Å². The molecule has 43 heavy (non-hydrogen) atoms. The van der Waals surface area contributed by atoms with E-state index in [2.05, 4.69) is 148 Å². The van der Waals surface area contributed by atoms with Gasteiger partial charge in [0.2, 0.25) is 0 Å². The summed E-state index contributed by atoms with van der Waals surface area (Å²) in [6.45, 7) is 7.69. The second-order valence-corrected chi connectivity index (χ2v) is 19.4. The predicted octanol–water partition coefficient (Wildman–Crippen LogP) is 3.55. The second kappa shape index (κ2) is 11.6. The summed E-state index contributed by atoms with van der Waals surface area (Å²) in [6.07, 6.45) is 0. The molecule has 0 radical (unpaired) electrons. The molecule has 2 atom stereocenters. The van der Waals surface area contributed by atoms with Crippen LogP contribution in [-0.2, 0) is 23.2 Å². The fourth-order valence-electron chi connectivity index (χ4n) is 8.12. The van der Waals surface area contributed by atoms with Gasteiger partial charge in [0, 0.05) is 0 Å². The minimum absolute atomic E-state index is 0. The fraction of sp³-hybridized carbons (Fsp3) is 0.128. The number of hydrogen-bond acceptors (Lipinski definition) is 0. The van der Waals surface area contributed by atoms with Crippen molar-refractivity contribution in [2.45, 2.75) is 27.6 Å². The molecule has 8 rings (SSSR count). The van der Waals surface area contributed by atoms with Crippen LogP contribution in [0.5, 0.6) is 0 Å². The molecule has 0 spiro atoms. The maximum absolute atomic E-state index is 2.68. The number of hydrogen-bond donors (Lipinski definition) is 0. The molecule has 3 aliphatic rings. The van der Waals surface area contributed by atoms with Crippen molar-refractivity contribution in [2.75, 3.05) is 0 Å². The molecule has 210 valence electrons. The summed E-state index contributed by atoms with van der Waals surface area (Å²) in [7, 11) is -2.44. The molecule has 5 aromatic rings. The van der Waals surface area contributed by atoms with E-state index in [-0.39, 0.29) is 24.8 Å². The SMILES string of the molecule is CC1=C2c3c(-c4ccccc4)cccc3[CH]1[Zr+2][CH]1C(C)=C(c3c(-c4ccccc4)cccc31)[Si]2(C)c1ccccc1.[Cl-].[Cl-]. The normalized spacial score (nSPS) is 20.9. The molecule has 4 heteroatoms. The van der Waals surface area contributed by atoms with E-state index in [1.807, 2.05) is 0 Å². The van der Waals surface area contributed by atoms with Gasteiger partial charge in [0.1, 0.15) is 0 Å².